The van der Waals surface area contributed by atoms with Gasteiger partial charge >= 0.3 is 0 Å². The van der Waals surface area contributed by atoms with Gasteiger partial charge in [-0.05, 0) is 36.6 Å². The van der Waals surface area contributed by atoms with E-state index in [1.165, 1.54) is 16.2 Å². The smallest absolute Gasteiger partial charge is 0.258 e. The first kappa shape index (κ1) is 20.3. The van der Waals surface area contributed by atoms with Crippen LogP contribution in [-0.2, 0) is 6.54 Å². The molecule has 0 unspecified atom stereocenters. The van der Waals surface area contributed by atoms with E-state index in [4.69, 9.17) is 4.74 Å². The number of aryl methyl sites for hydroxylation is 1. The van der Waals surface area contributed by atoms with Gasteiger partial charge < -0.3 is 4.74 Å². The van der Waals surface area contributed by atoms with Gasteiger partial charge in [0.05, 0.1) is 36.5 Å². The van der Waals surface area contributed by atoms with Crippen LogP contribution in [0.4, 0.5) is 5.13 Å². The zero-order chi connectivity index (χ0) is 22.1. The molecule has 0 saturated carbocycles. The second-order valence-electron chi connectivity index (χ2n) is 7.12. The first-order valence-corrected chi connectivity index (χ1v) is 11.6. The highest BCUT2D eigenvalue weighted by Crippen LogP contribution is 2.32. The number of hydrogen-bond donors (Lipinski definition) is 1. The van der Waals surface area contributed by atoms with Crippen LogP contribution in [0.1, 0.15) is 20.9 Å². The Morgan fingerprint density at radius 1 is 1.16 bits per heavy atom. The number of methoxy groups -OCH3 is 1. The summed E-state index contributed by atoms with van der Waals surface area (Å²) in [5, 5.41) is 12.6. The Bertz CT molecular complexity index is 1410. The van der Waals surface area contributed by atoms with Gasteiger partial charge in [0.2, 0.25) is 0 Å². The Labute approximate surface area is 192 Å². The number of amides is 1. The van der Waals surface area contributed by atoms with Crippen LogP contribution in [0.15, 0.2) is 59.4 Å². The SMILES string of the molecule is COc1ccccc1-c1csc(NC(=O)c2cc(C)nc3c2cnn3Cc2cccs2)n1. The maximum Gasteiger partial charge on any atom is 0.258 e. The van der Waals surface area contributed by atoms with Crippen molar-refractivity contribution >= 4 is 44.7 Å². The van der Waals surface area contributed by atoms with Gasteiger partial charge in [0, 0.05) is 21.5 Å². The van der Waals surface area contributed by atoms with Crippen LogP contribution in [0, 0.1) is 6.92 Å². The molecule has 5 rings (SSSR count). The van der Waals surface area contributed by atoms with Crippen molar-refractivity contribution in [3.05, 3.63) is 75.6 Å². The van der Waals surface area contributed by atoms with E-state index >= 15 is 0 Å². The highest BCUT2D eigenvalue weighted by Gasteiger charge is 2.18. The quantitative estimate of drug-likeness (QED) is 0.374. The molecule has 5 aromatic rings. The number of carbonyl (C=O) groups is 1. The molecule has 0 aliphatic heterocycles. The zero-order valence-electron chi connectivity index (χ0n) is 17.4. The molecule has 32 heavy (non-hydrogen) atoms. The number of thiazole rings is 1. The fourth-order valence-corrected chi connectivity index (χ4v) is 4.89. The molecular formula is C23H19N5O2S2. The minimum atomic E-state index is -0.239. The number of rotatable bonds is 6. The van der Waals surface area contributed by atoms with Crippen molar-refractivity contribution in [3.63, 3.8) is 0 Å². The Hall–Kier alpha value is -3.56. The van der Waals surface area contributed by atoms with Gasteiger partial charge in [-0.1, -0.05) is 18.2 Å². The third kappa shape index (κ3) is 3.88. The number of para-hydroxylation sites is 1. The second kappa shape index (κ2) is 8.52. The minimum Gasteiger partial charge on any atom is -0.496 e. The number of benzene rings is 1. The van der Waals surface area contributed by atoms with Crippen LogP contribution in [0.2, 0.25) is 0 Å². The summed E-state index contributed by atoms with van der Waals surface area (Å²) >= 11 is 3.04. The van der Waals surface area contributed by atoms with Crippen LogP contribution in [0.25, 0.3) is 22.3 Å². The molecule has 0 bridgehead atoms. The highest BCUT2D eigenvalue weighted by molar-refractivity contribution is 7.14. The van der Waals surface area contributed by atoms with Crippen molar-refractivity contribution in [3.8, 4) is 17.0 Å². The van der Waals surface area contributed by atoms with Crippen molar-refractivity contribution in [2.45, 2.75) is 13.5 Å². The van der Waals surface area contributed by atoms with Crippen LogP contribution >= 0.6 is 22.7 Å². The molecule has 4 heterocycles. The summed E-state index contributed by atoms with van der Waals surface area (Å²) in [5.41, 5.74) is 3.60. The van der Waals surface area contributed by atoms with Crippen LogP contribution in [0.3, 0.4) is 0 Å². The standard InChI is InChI=1S/C23H19N5O2S2/c1-14-10-17(18-11-24-28(21(18)25-14)12-15-6-5-9-31-15)22(29)27-23-26-19(13-32-23)16-7-3-4-8-20(16)30-2/h3-11,13H,12H2,1-2H3,(H,26,27,29). The molecule has 0 aliphatic rings. The van der Waals surface area contributed by atoms with E-state index in [-0.39, 0.29) is 5.91 Å². The number of carbonyl (C=O) groups excluding carboxylic acids is 1. The van der Waals surface area contributed by atoms with Crippen molar-refractivity contribution in [2.75, 3.05) is 12.4 Å². The molecule has 4 aromatic heterocycles. The monoisotopic (exact) mass is 461 g/mol. The van der Waals surface area contributed by atoms with Crippen molar-refractivity contribution in [1.29, 1.82) is 0 Å². The number of aromatic nitrogens is 4. The molecule has 9 heteroatoms. The first-order chi connectivity index (χ1) is 15.6. The number of pyridine rings is 1. The van der Waals surface area contributed by atoms with E-state index in [1.54, 1.807) is 30.7 Å². The molecule has 160 valence electrons. The van der Waals surface area contributed by atoms with Gasteiger partial charge in [-0.2, -0.15) is 5.10 Å². The topological polar surface area (TPSA) is 81.9 Å². The molecule has 0 radical (unpaired) electrons. The lowest BCUT2D eigenvalue weighted by molar-refractivity contribution is 0.102. The number of nitrogens with zero attached hydrogens (tertiary/aromatic N) is 4. The van der Waals surface area contributed by atoms with Crippen LogP contribution < -0.4 is 10.1 Å². The third-order valence-electron chi connectivity index (χ3n) is 4.98. The largest absolute Gasteiger partial charge is 0.496 e. The molecule has 7 nitrogen and oxygen atoms in total. The predicted molar refractivity (Wildman–Crippen MR) is 128 cm³/mol. The van der Waals surface area contributed by atoms with Gasteiger partial charge in [-0.15, -0.1) is 22.7 Å². The summed E-state index contributed by atoms with van der Waals surface area (Å²) in [4.78, 5) is 23.5. The predicted octanol–water partition coefficient (Wildman–Crippen LogP) is 5.23. The average molecular weight is 462 g/mol. The lowest BCUT2D eigenvalue weighted by Gasteiger charge is -2.07. The molecular weight excluding hydrogens is 442 g/mol. The van der Waals surface area contributed by atoms with E-state index in [0.29, 0.717) is 28.3 Å². The van der Waals surface area contributed by atoms with Gasteiger partial charge in [0.25, 0.3) is 5.91 Å². The van der Waals surface area contributed by atoms with Crippen LogP contribution in [0.5, 0.6) is 5.75 Å². The maximum atomic E-state index is 13.1. The zero-order valence-corrected chi connectivity index (χ0v) is 19.0. The van der Waals surface area contributed by atoms with E-state index in [0.717, 1.165) is 22.7 Å². The van der Waals surface area contributed by atoms with Gasteiger partial charge in [0.1, 0.15) is 5.75 Å². The summed E-state index contributed by atoms with van der Waals surface area (Å²) < 4.78 is 7.25. The number of thiophene rings is 1. The van der Waals surface area contributed by atoms with E-state index in [9.17, 15) is 4.79 Å². The Kier molecular flexibility index (Phi) is 5.42. The molecule has 0 spiro atoms. The fraction of sp³-hybridized carbons (Fsp3) is 0.130. The normalized spacial score (nSPS) is 11.1. The summed E-state index contributed by atoms with van der Waals surface area (Å²) in [7, 11) is 1.63. The molecule has 0 saturated heterocycles. The molecule has 1 N–H and O–H groups in total. The highest BCUT2D eigenvalue weighted by atomic mass is 32.1. The second-order valence-corrected chi connectivity index (χ2v) is 9.01. The first-order valence-electron chi connectivity index (χ1n) is 9.88. The van der Waals surface area contributed by atoms with Crippen LogP contribution in [-0.4, -0.2) is 32.8 Å². The summed E-state index contributed by atoms with van der Waals surface area (Å²) in [5.74, 6) is 0.498. The lowest BCUT2D eigenvalue weighted by atomic mass is 10.1. The van der Waals surface area contributed by atoms with Crippen molar-refractivity contribution in [2.24, 2.45) is 0 Å². The maximum absolute atomic E-state index is 13.1. The minimum absolute atomic E-state index is 0.239. The Balaban J connectivity index is 1.43. The van der Waals surface area contributed by atoms with Gasteiger partial charge in [0.15, 0.2) is 10.8 Å². The molecule has 1 amide bonds. The summed E-state index contributed by atoms with van der Waals surface area (Å²) in [6.07, 6.45) is 1.70. The van der Waals surface area contributed by atoms with Gasteiger partial charge in [-0.25, -0.2) is 14.6 Å². The van der Waals surface area contributed by atoms with E-state index in [1.807, 2.05) is 52.7 Å². The summed E-state index contributed by atoms with van der Waals surface area (Å²) in [6, 6.07) is 13.5. The number of fused-ring (bicyclic) bond motifs is 1. The third-order valence-corrected chi connectivity index (χ3v) is 6.59. The lowest BCUT2D eigenvalue weighted by Crippen LogP contribution is -2.13. The Morgan fingerprint density at radius 3 is 2.84 bits per heavy atom. The van der Waals surface area contributed by atoms with Crippen molar-refractivity contribution < 1.29 is 9.53 Å². The van der Waals surface area contributed by atoms with Gasteiger partial charge in [-0.3, -0.25) is 10.1 Å². The number of nitrogens with one attached hydrogen (secondary N) is 1. The molecule has 0 aliphatic carbocycles. The van der Waals surface area contributed by atoms with Crippen molar-refractivity contribution in [1.82, 2.24) is 19.7 Å². The number of anilines is 1. The van der Waals surface area contributed by atoms with E-state index < -0.39 is 0 Å². The fourth-order valence-electron chi connectivity index (χ4n) is 3.50. The Morgan fingerprint density at radius 2 is 2.03 bits per heavy atom. The molecule has 1 aromatic carbocycles. The summed E-state index contributed by atoms with van der Waals surface area (Å²) in [6.45, 7) is 2.50. The average Bonchev–Trinajstić information content (AvgIpc) is 3.56. The number of ether oxygens (including phenoxy) is 1. The molecule has 0 atom stereocenters. The molecule has 0 fully saturated rings. The van der Waals surface area contributed by atoms with E-state index in [2.05, 4.69) is 26.4 Å². The number of hydrogen-bond acceptors (Lipinski definition) is 7.